The molecule has 1 aliphatic carbocycles. The molecule has 18 heavy (non-hydrogen) atoms. The molecule has 5 heteroatoms. The van der Waals surface area contributed by atoms with Gasteiger partial charge in [-0.15, -0.1) is 0 Å². The largest absolute Gasteiger partial charge is 0.493 e. The summed E-state index contributed by atoms with van der Waals surface area (Å²) in [6.07, 6.45) is 2.42. The maximum atomic E-state index is 11.6. The van der Waals surface area contributed by atoms with Gasteiger partial charge in [-0.05, 0) is 24.8 Å². The van der Waals surface area contributed by atoms with Crippen LogP contribution in [0.2, 0.25) is 5.02 Å². The summed E-state index contributed by atoms with van der Waals surface area (Å²) >= 11 is 6.05. The van der Waals surface area contributed by atoms with Gasteiger partial charge in [-0.25, -0.2) is 0 Å². The highest BCUT2D eigenvalue weighted by Crippen LogP contribution is 2.36. The van der Waals surface area contributed by atoms with E-state index in [4.69, 9.17) is 26.8 Å². The van der Waals surface area contributed by atoms with Gasteiger partial charge in [0.25, 0.3) is 0 Å². The highest BCUT2D eigenvalue weighted by Gasteiger charge is 2.23. The van der Waals surface area contributed by atoms with Crippen molar-refractivity contribution in [2.24, 2.45) is 11.7 Å². The standard InChI is InChI=1S/C13H16ClNO3/c1-17-12-4-9(11(16)6-15)10(14)5-13(12)18-7-8-2-3-8/h4-5,8H,2-3,6-7,15H2,1H3. The molecule has 0 unspecified atom stereocenters. The predicted octanol–water partition coefficient (Wildman–Crippen LogP) is 2.28. The number of halogens is 1. The molecule has 0 amide bonds. The number of carbonyl (C=O) groups is 1. The Morgan fingerprint density at radius 3 is 2.72 bits per heavy atom. The Morgan fingerprint density at radius 1 is 1.44 bits per heavy atom. The first kappa shape index (κ1) is 13.2. The van der Waals surface area contributed by atoms with Gasteiger partial charge in [0.2, 0.25) is 0 Å². The highest BCUT2D eigenvalue weighted by molar-refractivity contribution is 6.34. The zero-order valence-electron chi connectivity index (χ0n) is 10.2. The lowest BCUT2D eigenvalue weighted by Crippen LogP contribution is -2.14. The van der Waals surface area contributed by atoms with E-state index < -0.39 is 0 Å². The molecular formula is C13H16ClNO3. The molecular weight excluding hydrogens is 254 g/mol. The van der Waals surface area contributed by atoms with Crippen LogP contribution in [-0.4, -0.2) is 26.0 Å². The summed E-state index contributed by atoms with van der Waals surface area (Å²) in [5, 5.41) is 0.344. The average Bonchev–Trinajstić information content (AvgIpc) is 3.19. The topological polar surface area (TPSA) is 61.5 Å². The second-order valence-corrected chi connectivity index (χ2v) is 4.77. The van der Waals surface area contributed by atoms with Crippen LogP contribution < -0.4 is 15.2 Å². The van der Waals surface area contributed by atoms with Crippen molar-refractivity contribution in [1.29, 1.82) is 0 Å². The molecule has 1 saturated carbocycles. The Bertz CT molecular complexity index is 458. The zero-order valence-corrected chi connectivity index (χ0v) is 11.0. The van der Waals surface area contributed by atoms with E-state index in [1.807, 2.05) is 0 Å². The van der Waals surface area contributed by atoms with Crippen LogP contribution in [0.4, 0.5) is 0 Å². The van der Waals surface area contributed by atoms with Crippen molar-refractivity contribution in [3.63, 3.8) is 0 Å². The van der Waals surface area contributed by atoms with Crippen LogP contribution in [0.1, 0.15) is 23.2 Å². The minimum absolute atomic E-state index is 0.0782. The smallest absolute Gasteiger partial charge is 0.178 e. The molecule has 1 aromatic rings. The lowest BCUT2D eigenvalue weighted by molar-refractivity contribution is 0.100. The number of carbonyl (C=O) groups excluding carboxylic acids is 1. The molecule has 2 N–H and O–H groups in total. The molecule has 1 aromatic carbocycles. The van der Waals surface area contributed by atoms with Crippen LogP contribution in [0.5, 0.6) is 11.5 Å². The van der Waals surface area contributed by atoms with Crippen LogP contribution in [-0.2, 0) is 0 Å². The van der Waals surface area contributed by atoms with E-state index in [2.05, 4.69) is 0 Å². The second kappa shape index (κ2) is 5.59. The summed E-state index contributed by atoms with van der Waals surface area (Å²) in [5.74, 6) is 1.51. The summed E-state index contributed by atoms with van der Waals surface area (Å²) in [4.78, 5) is 11.6. The average molecular weight is 270 g/mol. The predicted molar refractivity (Wildman–Crippen MR) is 69.6 cm³/mol. The van der Waals surface area contributed by atoms with E-state index in [1.165, 1.54) is 20.0 Å². The van der Waals surface area contributed by atoms with Gasteiger partial charge in [-0.3, -0.25) is 4.79 Å². The van der Waals surface area contributed by atoms with Gasteiger partial charge in [0.1, 0.15) is 0 Å². The van der Waals surface area contributed by atoms with Crippen molar-refractivity contribution in [2.45, 2.75) is 12.8 Å². The molecule has 0 atom stereocenters. The van der Waals surface area contributed by atoms with Crippen LogP contribution in [0.15, 0.2) is 12.1 Å². The SMILES string of the molecule is COc1cc(C(=O)CN)c(Cl)cc1OCC1CC1. The highest BCUT2D eigenvalue weighted by atomic mass is 35.5. The Morgan fingerprint density at radius 2 is 2.17 bits per heavy atom. The quantitative estimate of drug-likeness (QED) is 0.805. The van der Waals surface area contributed by atoms with Gasteiger partial charge in [0, 0.05) is 11.6 Å². The van der Waals surface area contributed by atoms with E-state index in [-0.39, 0.29) is 12.3 Å². The zero-order chi connectivity index (χ0) is 13.1. The molecule has 0 radical (unpaired) electrons. The van der Waals surface area contributed by atoms with E-state index in [9.17, 15) is 4.79 Å². The van der Waals surface area contributed by atoms with E-state index in [0.717, 1.165) is 0 Å². The maximum Gasteiger partial charge on any atom is 0.178 e. The van der Waals surface area contributed by atoms with Crippen LogP contribution in [0.25, 0.3) is 0 Å². The lowest BCUT2D eigenvalue weighted by Gasteiger charge is -2.12. The molecule has 1 aliphatic rings. The van der Waals surface area contributed by atoms with E-state index in [0.29, 0.717) is 34.6 Å². The Hall–Kier alpha value is -1.26. The summed E-state index contributed by atoms with van der Waals surface area (Å²) in [6.45, 7) is 0.585. The number of ether oxygens (including phenoxy) is 2. The van der Waals surface area contributed by atoms with Crippen LogP contribution >= 0.6 is 11.6 Å². The number of hydrogen-bond acceptors (Lipinski definition) is 4. The van der Waals surface area contributed by atoms with Gasteiger partial charge in [-0.1, -0.05) is 11.6 Å². The Balaban J connectivity index is 2.23. The van der Waals surface area contributed by atoms with E-state index >= 15 is 0 Å². The number of benzene rings is 1. The number of methoxy groups -OCH3 is 1. The number of rotatable bonds is 6. The molecule has 0 spiro atoms. The number of Topliss-reactive ketones (excluding diaryl/α,β-unsaturated/α-hetero) is 1. The van der Waals surface area contributed by atoms with Crippen molar-refractivity contribution >= 4 is 17.4 Å². The van der Waals surface area contributed by atoms with Crippen molar-refractivity contribution in [3.05, 3.63) is 22.7 Å². The van der Waals surface area contributed by atoms with Crippen molar-refractivity contribution < 1.29 is 14.3 Å². The molecule has 0 bridgehead atoms. The minimum Gasteiger partial charge on any atom is -0.493 e. The Labute approximate surface area is 111 Å². The number of hydrogen-bond donors (Lipinski definition) is 1. The van der Waals surface area contributed by atoms with Gasteiger partial charge in [0.15, 0.2) is 17.3 Å². The molecule has 98 valence electrons. The molecule has 1 fully saturated rings. The molecule has 0 heterocycles. The van der Waals surface area contributed by atoms with Gasteiger partial charge in [0.05, 0.1) is 25.3 Å². The maximum absolute atomic E-state index is 11.6. The third kappa shape index (κ3) is 2.94. The van der Waals surface area contributed by atoms with Gasteiger partial charge < -0.3 is 15.2 Å². The summed E-state index contributed by atoms with van der Waals surface area (Å²) < 4.78 is 10.9. The number of ketones is 1. The van der Waals surface area contributed by atoms with Crippen LogP contribution in [0, 0.1) is 5.92 Å². The van der Waals surface area contributed by atoms with Gasteiger partial charge in [-0.2, -0.15) is 0 Å². The molecule has 0 aromatic heterocycles. The van der Waals surface area contributed by atoms with Crippen LogP contribution in [0.3, 0.4) is 0 Å². The minimum atomic E-state index is -0.216. The van der Waals surface area contributed by atoms with Crippen molar-refractivity contribution in [1.82, 2.24) is 0 Å². The first-order chi connectivity index (χ1) is 8.65. The number of nitrogens with two attached hydrogens (primary N) is 1. The Kier molecular flexibility index (Phi) is 4.09. The lowest BCUT2D eigenvalue weighted by atomic mass is 10.1. The fourth-order valence-electron chi connectivity index (χ4n) is 1.62. The van der Waals surface area contributed by atoms with Crippen molar-refractivity contribution in [3.8, 4) is 11.5 Å². The summed E-state index contributed by atoms with van der Waals surface area (Å²) in [7, 11) is 1.53. The second-order valence-electron chi connectivity index (χ2n) is 4.36. The summed E-state index contributed by atoms with van der Waals surface area (Å²) in [5.41, 5.74) is 5.70. The van der Waals surface area contributed by atoms with Gasteiger partial charge >= 0.3 is 0 Å². The molecule has 0 saturated heterocycles. The third-order valence-electron chi connectivity index (χ3n) is 2.91. The molecule has 0 aliphatic heterocycles. The fraction of sp³-hybridized carbons (Fsp3) is 0.462. The third-order valence-corrected chi connectivity index (χ3v) is 3.22. The fourth-order valence-corrected chi connectivity index (χ4v) is 1.88. The monoisotopic (exact) mass is 269 g/mol. The van der Waals surface area contributed by atoms with Crippen molar-refractivity contribution in [2.75, 3.05) is 20.3 Å². The van der Waals surface area contributed by atoms with E-state index in [1.54, 1.807) is 12.1 Å². The molecule has 4 nitrogen and oxygen atoms in total. The first-order valence-corrected chi connectivity index (χ1v) is 6.27. The molecule has 2 rings (SSSR count). The first-order valence-electron chi connectivity index (χ1n) is 5.89. The summed E-state index contributed by atoms with van der Waals surface area (Å²) in [6, 6.07) is 3.20. The normalized spacial score (nSPS) is 14.4.